The van der Waals surface area contributed by atoms with Crippen molar-refractivity contribution in [3.8, 4) is 5.75 Å². The standard InChI is InChI=1S/C17H23N3O/c1-17(2)11-10-16-19-18-15(20(16)12-17)9-6-13-4-7-14(21-3)8-5-13/h4-5,7-8H,6,9-12H2,1-3H3. The number of benzene rings is 1. The van der Waals surface area contributed by atoms with Crippen molar-refractivity contribution in [3.05, 3.63) is 41.5 Å². The van der Waals surface area contributed by atoms with Crippen LogP contribution < -0.4 is 4.74 Å². The van der Waals surface area contributed by atoms with Crippen LogP contribution in [0.15, 0.2) is 24.3 Å². The number of rotatable bonds is 4. The Bertz CT molecular complexity index is 613. The Morgan fingerprint density at radius 3 is 2.62 bits per heavy atom. The van der Waals surface area contributed by atoms with Gasteiger partial charge in [0.1, 0.15) is 17.4 Å². The number of aryl methyl sites for hydroxylation is 3. The van der Waals surface area contributed by atoms with Crippen molar-refractivity contribution >= 4 is 0 Å². The normalized spacial score (nSPS) is 16.5. The maximum atomic E-state index is 5.19. The van der Waals surface area contributed by atoms with Gasteiger partial charge in [-0.25, -0.2) is 0 Å². The first-order valence-electron chi connectivity index (χ1n) is 7.61. The second-order valence-electron chi connectivity index (χ2n) is 6.63. The van der Waals surface area contributed by atoms with Crippen LogP contribution in [-0.2, 0) is 25.8 Å². The number of fused-ring (bicyclic) bond motifs is 1. The summed E-state index contributed by atoms with van der Waals surface area (Å²) in [6, 6.07) is 8.27. The monoisotopic (exact) mass is 285 g/mol. The molecule has 1 aliphatic rings. The first-order chi connectivity index (χ1) is 10.1. The zero-order valence-corrected chi connectivity index (χ0v) is 13.1. The van der Waals surface area contributed by atoms with E-state index in [-0.39, 0.29) is 0 Å². The van der Waals surface area contributed by atoms with E-state index in [1.807, 2.05) is 12.1 Å². The maximum Gasteiger partial charge on any atom is 0.133 e. The smallest absolute Gasteiger partial charge is 0.133 e. The van der Waals surface area contributed by atoms with Gasteiger partial charge in [-0.2, -0.15) is 0 Å². The number of nitrogens with zero attached hydrogens (tertiary/aromatic N) is 3. The molecule has 4 heteroatoms. The fourth-order valence-electron chi connectivity index (χ4n) is 2.93. The predicted octanol–water partition coefficient (Wildman–Crippen LogP) is 3.04. The SMILES string of the molecule is COc1ccc(CCc2nnc3n2CC(C)(C)CC3)cc1. The summed E-state index contributed by atoms with van der Waals surface area (Å²) in [5, 5.41) is 8.76. The van der Waals surface area contributed by atoms with Crippen LogP contribution in [0.25, 0.3) is 0 Å². The van der Waals surface area contributed by atoms with Gasteiger partial charge in [-0.15, -0.1) is 10.2 Å². The second-order valence-corrected chi connectivity index (χ2v) is 6.63. The van der Waals surface area contributed by atoms with Crippen LogP contribution in [0.4, 0.5) is 0 Å². The quantitative estimate of drug-likeness (QED) is 0.867. The molecule has 0 unspecified atom stereocenters. The summed E-state index contributed by atoms with van der Waals surface area (Å²) in [6.07, 6.45) is 4.17. The molecule has 0 amide bonds. The maximum absolute atomic E-state index is 5.19. The molecular weight excluding hydrogens is 262 g/mol. The van der Waals surface area contributed by atoms with E-state index in [2.05, 4.69) is 40.7 Å². The minimum absolute atomic E-state index is 0.351. The van der Waals surface area contributed by atoms with E-state index in [1.165, 1.54) is 12.0 Å². The molecule has 1 aromatic heterocycles. The zero-order chi connectivity index (χ0) is 14.9. The third kappa shape index (κ3) is 3.09. The van der Waals surface area contributed by atoms with Gasteiger partial charge in [0.25, 0.3) is 0 Å². The Morgan fingerprint density at radius 1 is 1.14 bits per heavy atom. The molecule has 1 aliphatic heterocycles. The van der Waals surface area contributed by atoms with Crippen molar-refractivity contribution < 1.29 is 4.74 Å². The minimum Gasteiger partial charge on any atom is -0.497 e. The van der Waals surface area contributed by atoms with E-state index in [0.717, 1.165) is 43.2 Å². The predicted molar refractivity (Wildman–Crippen MR) is 82.5 cm³/mol. The molecule has 21 heavy (non-hydrogen) atoms. The van der Waals surface area contributed by atoms with Gasteiger partial charge in [0.15, 0.2) is 0 Å². The third-order valence-corrected chi connectivity index (χ3v) is 4.31. The molecule has 0 aliphatic carbocycles. The summed E-state index contributed by atoms with van der Waals surface area (Å²) >= 11 is 0. The summed E-state index contributed by atoms with van der Waals surface area (Å²) in [5.74, 6) is 3.17. The van der Waals surface area contributed by atoms with E-state index in [9.17, 15) is 0 Å². The first kappa shape index (κ1) is 14.1. The Labute approximate surface area is 126 Å². The van der Waals surface area contributed by atoms with Crippen molar-refractivity contribution in [3.63, 3.8) is 0 Å². The summed E-state index contributed by atoms with van der Waals surface area (Å²) in [4.78, 5) is 0. The molecule has 0 spiro atoms. The van der Waals surface area contributed by atoms with E-state index in [4.69, 9.17) is 4.74 Å². The molecule has 112 valence electrons. The largest absolute Gasteiger partial charge is 0.497 e. The lowest BCUT2D eigenvalue weighted by Gasteiger charge is -2.30. The van der Waals surface area contributed by atoms with Gasteiger partial charge in [-0.3, -0.25) is 0 Å². The third-order valence-electron chi connectivity index (χ3n) is 4.31. The lowest BCUT2D eigenvalue weighted by atomic mass is 9.85. The van der Waals surface area contributed by atoms with E-state index in [0.29, 0.717) is 5.41 Å². The number of hydrogen-bond donors (Lipinski definition) is 0. The molecule has 0 bridgehead atoms. The van der Waals surface area contributed by atoms with Crippen molar-refractivity contribution in [2.24, 2.45) is 5.41 Å². The van der Waals surface area contributed by atoms with Gasteiger partial charge in [0, 0.05) is 19.4 Å². The molecule has 0 saturated heterocycles. The summed E-state index contributed by atoms with van der Waals surface area (Å²) in [5.41, 5.74) is 1.66. The van der Waals surface area contributed by atoms with E-state index < -0.39 is 0 Å². The molecule has 0 atom stereocenters. The van der Waals surface area contributed by atoms with Crippen LogP contribution in [0.5, 0.6) is 5.75 Å². The highest BCUT2D eigenvalue weighted by molar-refractivity contribution is 5.27. The van der Waals surface area contributed by atoms with Crippen molar-refractivity contribution in [2.75, 3.05) is 7.11 Å². The number of ether oxygens (including phenoxy) is 1. The molecule has 4 nitrogen and oxygen atoms in total. The van der Waals surface area contributed by atoms with Crippen LogP contribution in [0, 0.1) is 5.41 Å². The molecule has 0 N–H and O–H groups in total. The van der Waals surface area contributed by atoms with Gasteiger partial charge in [-0.1, -0.05) is 26.0 Å². The molecule has 2 heterocycles. The molecule has 0 fully saturated rings. The minimum atomic E-state index is 0.351. The van der Waals surface area contributed by atoms with Crippen LogP contribution >= 0.6 is 0 Å². The summed E-state index contributed by atoms with van der Waals surface area (Å²) in [6.45, 7) is 5.68. The molecule has 3 rings (SSSR count). The van der Waals surface area contributed by atoms with Crippen LogP contribution in [0.3, 0.4) is 0 Å². The molecular formula is C17H23N3O. The van der Waals surface area contributed by atoms with E-state index in [1.54, 1.807) is 7.11 Å². The summed E-state index contributed by atoms with van der Waals surface area (Å²) < 4.78 is 7.52. The highest BCUT2D eigenvalue weighted by atomic mass is 16.5. The van der Waals surface area contributed by atoms with Crippen molar-refractivity contribution in [2.45, 2.75) is 46.1 Å². The number of hydrogen-bond acceptors (Lipinski definition) is 3. The van der Waals surface area contributed by atoms with Gasteiger partial charge in [0.05, 0.1) is 7.11 Å². The van der Waals surface area contributed by atoms with Gasteiger partial charge >= 0.3 is 0 Å². The van der Waals surface area contributed by atoms with Crippen LogP contribution in [0.2, 0.25) is 0 Å². The molecule has 0 saturated carbocycles. The summed E-state index contributed by atoms with van der Waals surface area (Å²) in [7, 11) is 1.69. The Morgan fingerprint density at radius 2 is 1.90 bits per heavy atom. The van der Waals surface area contributed by atoms with Gasteiger partial charge in [-0.05, 0) is 36.0 Å². The highest BCUT2D eigenvalue weighted by Gasteiger charge is 2.28. The zero-order valence-electron chi connectivity index (χ0n) is 13.1. The highest BCUT2D eigenvalue weighted by Crippen LogP contribution is 2.30. The lowest BCUT2D eigenvalue weighted by Crippen LogP contribution is -2.28. The average molecular weight is 285 g/mol. The fourth-order valence-corrected chi connectivity index (χ4v) is 2.93. The topological polar surface area (TPSA) is 39.9 Å². The average Bonchev–Trinajstić information content (AvgIpc) is 2.86. The van der Waals surface area contributed by atoms with Gasteiger partial charge in [0.2, 0.25) is 0 Å². The number of methoxy groups -OCH3 is 1. The first-order valence-corrected chi connectivity index (χ1v) is 7.61. The Hall–Kier alpha value is -1.84. The molecule has 2 aromatic rings. The lowest BCUT2D eigenvalue weighted by molar-refractivity contribution is 0.243. The van der Waals surface area contributed by atoms with Crippen LogP contribution in [0.1, 0.15) is 37.5 Å². The Kier molecular flexibility index (Phi) is 3.70. The van der Waals surface area contributed by atoms with E-state index >= 15 is 0 Å². The van der Waals surface area contributed by atoms with Crippen molar-refractivity contribution in [1.82, 2.24) is 14.8 Å². The Balaban J connectivity index is 1.70. The van der Waals surface area contributed by atoms with Crippen molar-refractivity contribution in [1.29, 1.82) is 0 Å². The number of aromatic nitrogens is 3. The van der Waals surface area contributed by atoms with Crippen LogP contribution in [-0.4, -0.2) is 21.9 Å². The molecule has 1 aromatic carbocycles. The second kappa shape index (κ2) is 5.51. The fraction of sp³-hybridized carbons (Fsp3) is 0.529. The van der Waals surface area contributed by atoms with Gasteiger partial charge < -0.3 is 9.30 Å². The molecule has 0 radical (unpaired) electrons.